The highest BCUT2D eigenvalue weighted by Crippen LogP contribution is 2.23. The largest absolute Gasteiger partial charge is 0.497 e. The highest BCUT2D eigenvalue weighted by molar-refractivity contribution is 7.16. The van der Waals surface area contributed by atoms with Crippen LogP contribution in [-0.2, 0) is 6.54 Å². The van der Waals surface area contributed by atoms with Crippen LogP contribution in [-0.4, -0.2) is 25.0 Å². The number of ether oxygens (including phenoxy) is 2. The molecule has 146 valence electrons. The van der Waals surface area contributed by atoms with Crippen molar-refractivity contribution in [3.8, 4) is 11.5 Å². The van der Waals surface area contributed by atoms with Crippen LogP contribution in [0.1, 0.15) is 11.1 Å². The van der Waals surface area contributed by atoms with Gasteiger partial charge in [-0.3, -0.25) is 0 Å². The molecule has 0 spiro atoms. The Kier molecular flexibility index (Phi) is 5.72. The molecular formula is C23H21N3O2S. The minimum Gasteiger partial charge on any atom is -0.497 e. The molecule has 0 unspecified atom stereocenters. The van der Waals surface area contributed by atoms with Gasteiger partial charge in [0.15, 0.2) is 0 Å². The second kappa shape index (κ2) is 8.75. The average Bonchev–Trinajstić information content (AvgIpc) is 3.12. The number of fused-ring (bicyclic) bond motifs is 1. The van der Waals surface area contributed by atoms with Crippen molar-refractivity contribution >= 4 is 27.8 Å². The van der Waals surface area contributed by atoms with E-state index in [2.05, 4.69) is 51.2 Å². The summed E-state index contributed by atoms with van der Waals surface area (Å²) >= 11 is 1.63. The third kappa shape index (κ3) is 4.22. The van der Waals surface area contributed by atoms with Gasteiger partial charge in [-0.25, -0.2) is 0 Å². The smallest absolute Gasteiger partial charge is 0.211 e. The lowest BCUT2D eigenvalue weighted by atomic mass is 10.2. The summed E-state index contributed by atoms with van der Waals surface area (Å²) in [5.74, 6) is 1.43. The molecule has 0 aliphatic heterocycles. The van der Waals surface area contributed by atoms with E-state index >= 15 is 0 Å². The van der Waals surface area contributed by atoms with Crippen LogP contribution in [0.5, 0.6) is 11.5 Å². The Hall–Kier alpha value is -3.38. The first-order valence-corrected chi connectivity index (χ1v) is 10.0. The molecule has 4 aromatic rings. The first-order chi connectivity index (χ1) is 14.3. The second-order valence-corrected chi connectivity index (χ2v) is 7.39. The van der Waals surface area contributed by atoms with E-state index in [4.69, 9.17) is 9.47 Å². The highest BCUT2D eigenvalue weighted by atomic mass is 32.1. The molecule has 0 atom stereocenters. The van der Waals surface area contributed by atoms with Gasteiger partial charge in [0, 0.05) is 11.6 Å². The fourth-order valence-electron chi connectivity index (χ4n) is 3.08. The van der Waals surface area contributed by atoms with Crippen molar-refractivity contribution in [2.45, 2.75) is 6.54 Å². The summed E-state index contributed by atoms with van der Waals surface area (Å²) in [6, 6.07) is 24.3. The van der Waals surface area contributed by atoms with Crippen molar-refractivity contribution in [2.75, 3.05) is 14.2 Å². The molecular weight excluding hydrogens is 382 g/mol. The van der Waals surface area contributed by atoms with Crippen LogP contribution in [0.15, 0.2) is 83.0 Å². The Bertz CT molecular complexity index is 1210. The summed E-state index contributed by atoms with van der Waals surface area (Å²) in [5.41, 5.74) is 3.21. The number of hydrogen-bond acceptors (Lipinski definition) is 5. The predicted molar refractivity (Wildman–Crippen MR) is 118 cm³/mol. The third-order valence-corrected chi connectivity index (χ3v) is 5.60. The Morgan fingerprint density at radius 2 is 1.72 bits per heavy atom. The lowest BCUT2D eigenvalue weighted by Crippen LogP contribution is -2.15. The van der Waals surface area contributed by atoms with E-state index in [1.54, 1.807) is 31.8 Å². The van der Waals surface area contributed by atoms with Gasteiger partial charge < -0.3 is 14.0 Å². The number of nitrogens with zero attached hydrogens (tertiary/aromatic N) is 3. The molecule has 0 amide bonds. The molecule has 0 radical (unpaired) electrons. The van der Waals surface area contributed by atoms with E-state index < -0.39 is 0 Å². The van der Waals surface area contributed by atoms with E-state index in [0.717, 1.165) is 28.2 Å². The van der Waals surface area contributed by atoms with Crippen LogP contribution in [0.3, 0.4) is 0 Å². The summed E-state index contributed by atoms with van der Waals surface area (Å²) in [6.07, 6.45) is 1.70. The average molecular weight is 404 g/mol. The normalized spacial score (nSPS) is 12.0. The molecule has 0 saturated carbocycles. The van der Waals surface area contributed by atoms with E-state index in [1.165, 1.54) is 10.3 Å². The zero-order valence-electron chi connectivity index (χ0n) is 16.3. The standard InChI is InChI=1S/C23H21N3O2S/c1-27-19-13-12-18(21(14-19)28-2)15-24-25-23-26(16-17-8-4-3-5-9-17)20-10-6-7-11-22(20)29-23/h3-15H,16H2,1-2H3. The maximum Gasteiger partial charge on any atom is 0.211 e. The fraction of sp³-hybridized carbons (Fsp3) is 0.130. The summed E-state index contributed by atoms with van der Waals surface area (Å²) < 4.78 is 14.0. The number of rotatable bonds is 6. The molecule has 0 aliphatic carbocycles. The molecule has 6 heteroatoms. The second-order valence-electron chi connectivity index (χ2n) is 6.38. The SMILES string of the molecule is COc1ccc(C=NN=c2sc3ccccc3n2Cc2ccccc2)c(OC)c1. The van der Waals surface area contributed by atoms with Crippen LogP contribution in [0.4, 0.5) is 0 Å². The van der Waals surface area contributed by atoms with Gasteiger partial charge in [0.1, 0.15) is 11.5 Å². The Labute approximate surface area is 173 Å². The van der Waals surface area contributed by atoms with Gasteiger partial charge in [0.25, 0.3) is 0 Å². The number of hydrogen-bond donors (Lipinski definition) is 0. The van der Waals surface area contributed by atoms with Gasteiger partial charge >= 0.3 is 0 Å². The third-order valence-electron chi connectivity index (χ3n) is 4.55. The number of aromatic nitrogens is 1. The monoisotopic (exact) mass is 403 g/mol. The van der Waals surface area contributed by atoms with Gasteiger partial charge in [-0.2, -0.15) is 5.10 Å². The number of benzene rings is 3. The van der Waals surface area contributed by atoms with E-state index in [1.807, 2.05) is 36.4 Å². The molecule has 5 nitrogen and oxygen atoms in total. The van der Waals surface area contributed by atoms with Crippen LogP contribution < -0.4 is 14.3 Å². The maximum absolute atomic E-state index is 5.43. The minimum atomic E-state index is 0.691. The number of methoxy groups -OCH3 is 2. The van der Waals surface area contributed by atoms with Gasteiger partial charge in [-0.1, -0.05) is 53.8 Å². The van der Waals surface area contributed by atoms with E-state index in [9.17, 15) is 0 Å². The topological polar surface area (TPSA) is 48.1 Å². The van der Waals surface area contributed by atoms with Crippen molar-refractivity contribution in [3.05, 3.63) is 88.7 Å². The lowest BCUT2D eigenvalue weighted by molar-refractivity contribution is 0.394. The van der Waals surface area contributed by atoms with Crippen molar-refractivity contribution in [1.29, 1.82) is 0 Å². The van der Waals surface area contributed by atoms with Gasteiger partial charge in [0.05, 0.1) is 37.2 Å². The van der Waals surface area contributed by atoms with Crippen LogP contribution in [0.25, 0.3) is 10.2 Å². The number of para-hydroxylation sites is 1. The molecule has 1 aromatic heterocycles. The minimum absolute atomic E-state index is 0.691. The molecule has 3 aromatic carbocycles. The lowest BCUT2D eigenvalue weighted by Gasteiger charge is -2.06. The number of thiazole rings is 1. The molecule has 29 heavy (non-hydrogen) atoms. The molecule has 0 saturated heterocycles. The summed E-state index contributed by atoms with van der Waals surface area (Å²) in [6.45, 7) is 0.741. The maximum atomic E-state index is 5.43. The van der Waals surface area contributed by atoms with Gasteiger partial charge in [-0.15, -0.1) is 5.10 Å². The van der Waals surface area contributed by atoms with Crippen LogP contribution in [0, 0.1) is 0 Å². The van der Waals surface area contributed by atoms with Crippen molar-refractivity contribution in [1.82, 2.24) is 4.57 Å². The van der Waals surface area contributed by atoms with Crippen molar-refractivity contribution in [2.24, 2.45) is 10.2 Å². The first kappa shape index (κ1) is 19.0. The molecule has 0 fully saturated rings. The van der Waals surface area contributed by atoms with Crippen LogP contribution in [0.2, 0.25) is 0 Å². The van der Waals surface area contributed by atoms with Gasteiger partial charge in [0.2, 0.25) is 4.80 Å². The first-order valence-electron chi connectivity index (χ1n) is 9.20. The zero-order chi connectivity index (χ0) is 20.1. The van der Waals surface area contributed by atoms with Gasteiger partial charge in [-0.05, 0) is 29.8 Å². The Morgan fingerprint density at radius 1 is 0.931 bits per heavy atom. The highest BCUT2D eigenvalue weighted by Gasteiger charge is 2.07. The zero-order valence-corrected chi connectivity index (χ0v) is 17.1. The Balaban J connectivity index is 1.73. The quantitative estimate of drug-likeness (QED) is 0.346. The molecule has 0 bridgehead atoms. The van der Waals surface area contributed by atoms with E-state index in [0.29, 0.717) is 5.75 Å². The van der Waals surface area contributed by atoms with Crippen LogP contribution >= 0.6 is 11.3 Å². The summed E-state index contributed by atoms with van der Waals surface area (Å²) in [5, 5.41) is 8.86. The molecule has 4 rings (SSSR count). The van der Waals surface area contributed by atoms with E-state index in [-0.39, 0.29) is 0 Å². The van der Waals surface area contributed by atoms with Crippen molar-refractivity contribution in [3.63, 3.8) is 0 Å². The predicted octanol–water partition coefficient (Wildman–Crippen LogP) is 4.70. The Morgan fingerprint density at radius 3 is 2.52 bits per heavy atom. The summed E-state index contributed by atoms with van der Waals surface area (Å²) in [4.78, 5) is 0.846. The molecule has 1 heterocycles. The summed E-state index contributed by atoms with van der Waals surface area (Å²) in [7, 11) is 3.26. The van der Waals surface area contributed by atoms with Crippen molar-refractivity contribution < 1.29 is 9.47 Å². The fourth-order valence-corrected chi connectivity index (χ4v) is 4.07. The molecule has 0 N–H and O–H groups in total. The molecule has 0 aliphatic rings.